The molecule has 1 saturated heterocycles. The molecular formula is C17H13ClN6O. The highest BCUT2D eigenvalue weighted by atomic mass is 35.5. The van der Waals surface area contributed by atoms with Crippen molar-refractivity contribution in [3.05, 3.63) is 47.6 Å². The van der Waals surface area contributed by atoms with Gasteiger partial charge in [0.05, 0.1) is 24.7 Å². The van der Waals surface area contributed by atoms with Crippen molar-refractivity contribution in [1.29, 1.82) is 5.26 Å². The Hall–Kier alpha value is -3.16. The molecule has 1 fully saturated rings. The average molecular weight is 353 g/mol. The van der Waals surface area contributed by atoms with Crippen molar-refractivity contribution in [3.8, 4) is 6.07 Å². The number of anilines is 1. The first kappa shape index (κ1) is 16.7. The minimum atomic E-state index is -0.600. The first-order valence-electron chi connectivity index (χ1n) is 7.48. The fourth-order valence-electron chi connectivity index (χ4n) is 2.86. The lowest BCUT2D eigenvalue weighted by Gasteiger charge is -2.38. The molecule has 1 unspecified atom stereocenters. The van der Waals surface area contributed by atoms with E-state index < -0.39 is 6.04 Å². The average Bonchev–Trinajstić information content (AvgIpc) is 2.65. The molecule has 0 aliphatic carbocycles. The number of benzene rings is 1. The van der Waals surface area contributed by atoms with E-state index in [4.69, 9.17) is 18.2 Å². The van der Waals surface area contributed by atoms with Crippen LogP contribution in [0.25, 0.3) is 15.7 Å². The number of piperazine rings is 1. The first-order chi connectivity index (χ1) is 12.1. The summed E-state index contributed by atoms with van der Waals surface area (Å²) >= 11 is 6.07. The van der Waals surface area contributed by atoms with Crippen LogP contribution in [0.3, 0.4) is 0 Å². The van der Waals surface area contributed by atoms with Gasteiger partial charge in [-0.3, -0.25) is 4.79 Å². The summed E-state index contributed by atoms with van der Waals surface area (Å²) in [5.74, 6) is 0.360. The van der Waals surface area contributed by atoms with E-state index in [-0.39, 0.29) is 5.91 Å². The Morgan fingerprint density at radius 2 is 2.28 bits per heavy atom. The normalized spacial score (nSPS) is 17.0. The summed E-state index contributed by atoms with van der Waals surface area (Å²) in [5.41, 5.74) is 0.947. The highest BCUT2D eigenvalue weighted by Gasteiger charge is 2.30. The largest absolute Gasteiger partial charge is 0.351 e. The van der Waals surface area contributed by atoms with Gasteiger partial charge in [0.15, 0.2) is 0 Å². The molecule has 2 heterocycles. The molecule has 0 spiro atoms. The van der Waals surface area contributed by atoms with E-state index >= 15 is 0 Å². The van der Waals surface area contributed by atoms with E-state index in [0.29, 0.717) is 47.1 Å². The first-order valence-corrected chi connectivity index (χ1v) is 7.86. The van der Waals surface area contributed by atoms with Crippen LogP contribution in [0.15, 0.2) is 31.1 Å². The second-order valence-electron chi connectivity index (χ2n) is 5.46. The Bertz CT molecular complexity index is 945. The van der Waals surface area contributed by atoms with E-state index in [0.717, 1.165) is 0 Å². The van der Waals surface area contributed by atoms with E-state index in [9.17, 15) is 10.1 Å². The molecule has 124 valence electrons. The lowest BCUT2D eigenvalue weighted by molar-refractivity contribution is -0.127. The number of nitriles is 1. The predicted octanol–water partition coefficient (Wildman–Crippen LogP) is 2.56. The third-order valence-electron chi connectivity index (χ3n) is 4.09. The summed E-state index contributed by atoms with van der Waals surface area (Å²) in [4.78, 5) is 27.2. The van der Waals surface area contributed by atoms with Crippen molar-refractivity contribution in [1.82, 2.24) is 14.9 Å². The molecule has 0 saturated carbocycles. The zero-order chi connectivity index (χ0) is 18.0. The van der Waals surface area contributed by atoms with Crippen LogP contribution < -0.4 is 4.90 Å². The van der Waals surface area contributed by atoms with Crippen LogP contribution in [0.5, 0.6) is 0 Å². The second kappa shape index (κ2) is 6.76. The zero-order valence-corrected chi connectivity index (χ0v) is 13.9. The van der Waals surface area contributed by atoms with Crippen molar-refractivity contribution in [2.75, 3.05) is 24.5 Å². The molecule has 7 nitrogen and oxygen atoms in total. The van der Waals surface area contributed by atoms with Crippen LogP contribution >= 0.6 is 11.6 Å². The maximum absolute atomic E-state index is 11.9. The minimum Gasteiger partial charge on any atom is -0.351 e. The van der Waals surface area contributed by atoms with E-state index in [1.165, 1.54) is 17.3 Å². The number of carbonyl (C=O) groups is 1. The van der Waals surface area contributed by atoms with Gasteiger partial charge >= 0.3 is 0 Å². The predicted molar refractivity (Wildman–Crippen MR) is 94.3 cm³/mol. The van der Waals surface area contributed by atoms with Gasteiger partial charge in [0.1, 0.15) is 18.2 Å². The summed E-state index contributed by atoms with van der Waals surface area (Å²) in [5, 5.41) is 10.4. The highest BCUT2D eigenvalue weighted by molar-refractivity contribution is 6.34. The molecule has 2 aromatic rings. The lowest BCUT2D eigenvalue weighted by Crippen LogP contribution is -2.54. The summed E-state index contributed by atoms with van der Waals surface area (Å²) < 4.78 is 0. The number of amides is 1. The summed E-state index contributed by atoms with van der Waals surface area (Å²) in [6.45, 7) is 11.9. The Labute approximate surface area is 149 Å². The van der Waals surface area contributed by atoms with E-state index in [1.54, 1.807) is 12.1 Å². The molecule has 0 radical (unpaired) electrons. The molecule has 1 amide bonds. The van der Waals surface area contributed by atoms with E-state index in [1.807, 2.05) is 4.90 Å². The SMILES string of the molecule is [C-]#[N+]c1cc2c(N3CCN(C(=O)C=C)C(C#N)C3)ncnc2cc1Cl. The highest BCUT2D eigenvalue weighted by Crippen LogP contribution is 2.33. The van der Waals surface area contributed by atoms with Crippen LogP contribution in [-0.4, -0.2) is 46.5 Å². The Morgan fingerprint density at radius 3 is 2.96 bits per heavy atom. The Kier molecular flexibility index (Phi) is 4.51. The molecule has 1 aromatic carbocycles. The molecule has 8 heteroatoms. The molecule has 0 N–H and O–H groups in total. The second-order valence-corrected chi connectivity index (χ2v) is 5.86. The summed E-state index contributed by atoms with van der Waals surface area (Å²) in [6, 6.07) is 4.84. The van der Waals surface area contributed by atoms with E-state index in [2.05, 4.69) is 27.5 Å². The lowest BCUT2D eigenvalue weighted by atomic mass is 10.1. The molecule has 1 aliphatic rings. The van der Waals surface area contributed by atoms with Gasteiger partial charge in [0.2, 0.25) is 11.6 Å². The minimum absolute atomic E-state index is 0.263. The number of carbonyl (C=O) groups excluding carboxylic acids is 1. The van der Waals surface area contributed by atoms with Crippen LogP contribution in [0.2, 0.25) is 5.02 Å². The third-order valence-corrected chi connectivity index (χ3v) is 4.39. The molecule has 1 aromatic heterocycles. The molecular weight excluding hydrogens is 340 g/mol. The van der Waals surface area contributed by atoms with Crippen LogP contribution in [0.4, 0.5) is 11.5 Å². The molecule has 25 heavy (non-hydrogen) atoms. The Morgan fingerprint density at radius 1 is 1.48 bits per heavy atom. The van der Waals surface area contributed by atoms with Crippen molar-refractivity contribution >= 4 is 39.9 Å². The van der Waals surface area contributed by atoms with Gasteiger partial charge in [-0.1, -0.05) is 18.2 Å². The number of rotatable bonds is 2. The number of halogens is 1. The standard InChI is InChI=1S/C17H13ClN6O/c1-3-16(25)24-5-4-23(9-11(24)8-19)17-12-6-15(20-2)13(18)7-14(12)21-10-22-17/h3,6-7,10-11H,1,4-5,9H2. The Balaban J connectivity index is 2.00. The fraction of sp³-hybridized carbons (Fsp3) is 0.235. The van der Waals surface area contributed by atoms with Crippen LogP contribution in [-0.2, 0) is 4.79 Å². The van der Waals surface area contributed by atoms with Crippen LogP contribution in [0.1, 0.15) is 0 Å². The quantitative estimate of drug-likeness (QED) is 0.613. The molecule has 3 rings (SSSR count). The topological polar surface area (TPSA) is 77.5 Å². The number of aromatic nitrogens is 2. The van der Waals surface area contributed by atoms with Gasteiger partial charge in [0.25, 0.3) is 0 Å². The molecule has 1 aliphatic heterocycles. The van der Waals surface area contributed by atoms with Gasteiger partial charge in [-0.2, -0.15) is 5.26 Å². The monoisotopic (exact) mass is 352 g/mol. The van der Waals surface area contributed by atoms with Gasteiger partial charge in [-0.25, -0.2) is 14.8 Å². The molecule has 0 bridgehead atoms. The van der Waals surface area contributed by atoms with Gasteiger partial charge in [0, 0.05) is 23.5 Å². The van der Waals surface area contributed by atoms with Crippen LogP contribution in [0, 0.1) is 17.9 Å². The van der Waals surface area contributed by atoms with Gasteiger partial charge in [-0.15, -0.1) is 0 Å². The zero-order valence-electron chi connectivity index (χ0n) is 13.2. The third kappa shape index (κ3) is 2.98. The van der Waals surface area contributed by atoms with Crippen molar-refractivity contribution in [2.45, 2.75) is 6.04 Å². The maximum atomic E-state index is 11.9. The van der Waals surface area contributed by atoms with Crippen molar-refractivity contribution in [3.63, 3.8) is 0 Å². The number of fused-ring (bicyclic) bond motifs is 1. The number of nitrogens with zero attached hydrogens (tertiary/aromatic N) is 6. The number of hydrogen-bond acceptors (Lipinski definition) is 5. The van der Waals surface area contributed by atoms with Gasteiger partial charge < -0.3 is 9.80 Å². The molecule has 1 atom stereocenters. The maximum Gasteiger partial charge on any atom is 0.247 e. The number of hydrogen-bond donors (Lipinski definition) is 0. The van der Waals surface area contributed by atoms with Gasteiger partial charge in [-0.05, 0) is 18.2 Å². The van der Waals surface area contributed by atoms with Crippen molar-refractivity contribution in [2.24, 2.45) is 0 Å². The summed E-state index contributed by atoms with van der Waals surface area (Å²) in [6.07, 6.45) is 2.64. The smallest absolute Gasteiger partial charge is 0.247 e. The summed E-state index contributed by atoms with van der Waals surface area (Å²) in [7, 11) is 0. The van der Waals surface area contributed by atoms with Crippen molar-refractivity contribution < 1.29 is 4.79 Å². The fourth-order valence-corrected chi connectivity index (χ4v) is 3.06.